The summed E-state index contributed by atoms with van der Waals surface area (Å²) in [6.07, 6.45) is 0.0615. The highest BCUT2D eigenvalue weighted by Gasteiger charge is 2.20. The summed E-state index contributed by atoms with van der Waals surface area (Å²) >= 11 is 3.35. The first-order valence-corrected chi connectivity index (χ1v) is 5.35. The highest BCUT2D eigenvalue weighted by atomic mass is 79.9. The monoisotopic (exact) mass is 271 g/mol. The smallest absolute Gasteiger partial charge is 0.305 e. The van der Waals surface area contributed by atoms with Crippen LogP contribution in [0.3, 0.4) is 0 Å². The second kappa shape index (κ2) is 4.10. The Morgan fingerprint density at radius 2 is 2.47 bits per heavy atom. The summed E-state index contributed by atoms with van der Waals surface area (Å²) in [6, 6.07) is 5.45. The van der Waals surface area contributed by atoms with Crippen molar-refractivity contribution in [3.63, 3.8) is 0 Å². The van der Waals surface area contributed by atoms with Gasteiger partial charge in [0.15, 0.2) is 0 Å². The number of carboxylic acid groups (broad SMARTS) is 1. The fourth-order valence-electron chi connectivity index (χ4n) is 1.51. The summed E-state index contributed by atoms with van der Waals surface area (Å²) in [5, 5.41) is 11.8. The SMILES string of the molecule is O=C(O)CC1COc2ccc(Br)cc2N1. The first kappa shape index (κ1) is 10.3. The van der Waals surface area contributed by atoms with Gasteiger partial charge in [0.25, 0.3) is 0 Å². The predicted molar refractivity (Wildman–Crippen MR) is 59.3 cm³/mol. The number of rotatable bonds is 2. The average Bonchev–Trinajstić information content (AvgIpc) is 2.16. The van der Waals surface area contributed by atoms with Crippen LogP contribution in [-0.2, 0) is 4.79 Å². The molecular weight excluding hydrogens is 262 g/mol. The Bertz CT molecular complexity index is 394. The second-order valence-electron chi connectivity index (χ2n) is 3.39. The second-order valence-corrected chi connectivity index (χ2v) is 4.31. The summed E-state index contributed by atoms with van der Waals surface area (Å²) in [5.41, 5.74) is 0.835. The van der Waals surface area contributed by atoms with Crippen LogP contribution in [0.25, 0.3) is 0 Å². The van der Waals surface area contributed by atoms with Gasteiger partial charge in [-0.2, -0.15) is 0 Å². The standard InChI is InChI=1S/C10H10BrNO3/c11-6-1-2-9-8(3-6)12-7(5-15-9)4-10(13)14/h1-3,7,12H,4-5H2,(H,13,14). The number of hydrogen-bond donors (Lipinski definition) is 2. The van der Waals surface area contributed by atoms with Crippen LogP contribution >= 0.6 is 15.9 Å². The van der Waals surface area contributed by atoms with Crippen molar-refractivity contribution in [1.29, 1.82) is 0 Å². The molecule has 1 unspecified atom stereocenters. The molecule has 1 heterocycles. The van der Waals surface area contributed by atoms with Gasteiger partial charge in [-0.05, 0) is 18.2 Å². The van der Waals surface area contributed by atoms with Crippen molar-refractivity contribution >= 4 is 27.6 Å². The van der Waals surface area contributed by atoms with Crippen molar-refractivity contribution in [2.75, 3.05) is 11.9 Å². The summed E-state index contributed by atoms with van der Waals surface area (Å²) in [6.45, 7) is 0.390. The number of fused-ring (bicyclic) bond motifs is 1. The Kier molecular flexibility index (Phi) is 2.81. The van der Waals surface area contributed by atoms with Crippen molar-refractivity contribution in [3.8, 4) is 5.75 Å². The minimum Gasteiger partial charge on any atom is -0.489 e. The van der Waals surface area contributed by atoms with Crippen LogP contribution in [0.1, 0.15) is 6.42 Å². The van der Waals surface area contributed by atoms with Gasteiger partial charge >= 0.3 is 5.97 Å². The van der Waals surface area contributed by atoms with E-state index >= 15 is 0 Å². The first-order chi connectivity index (χ1) is 7.15. The van der Waals surface area contributed by atoms with Crippen LogP contribution in [-0.4, -0.2) is 23.7 Å². The number of aliphatic carboxylic acids is 1. The molecule has 0 fully saturated rings. The quantitative estimate of drug-likeness (QED) is 0.865. The minimum absolute atomic E-state index is 0.0615. The minimum atomic E-state index is -0.824. The number of benzene rings is 1. The molecule has 4 nitrogen and oxygen atoms in total. The van der Waals surface area contributed by atoms with Crippen molar-refractivity contribution < 1.29 is 14.6 Å². The maximum absolute atomic E-state index is 10.5. The molecule has 0 saturated carbocycles. The molecule has 2 N–H and O–H groups in total. The van der Waals surface area contributed by atoms with E-state index in [4.69, 9.17) is 9.84 Å². The van der Waals surface area contributed by atoms with Gasteiger partial charge in [0.05, 0.1) is 18.2 Å². The molecule has 80 valence electrons. The highest BCUT2D eigenvalue weighted by Crippen LogP contribution is 2.32. The molecule has 0 aromatic heterocycles. The zero-order chi connectivity index (χ0) is 10.8. The van der Waals surface area contributed by atoms with Crippen LogP contribution < -0.4 is 10.1 Å². The van der Waals surface area contributed by atoms with E-state index in [1.54, 1.807) is 0 Å². The number of anilines is 1. The van der Waals surface area contributed by atoms with E-state index in [9.17, 15) is 4.79 Å². The molecule has 15 heavy (non-hydrogen) atoms. The molecule has 1 aliphatic heterocycles. The van der Waals surface area contributed by atoms with Crippen LogP contribution in [0.5, 0.6) is 5.75 Å². The number of carboxylic acids is 1. The molecule has 1 aliphatic rings. The number of halogens is 1. The van der Waals surface area contributed by atoms with Gasteiger partial charge in [-0.1, -0.05) is 15.9 Å². The maximum Gasteiger partial charge on any atom is 0.305 e. The summed E-state index contributed by atoms with van der Waals surface area (Å²) < 4.78 is 6.38. The van der Waals surface area contributed by atoms with Gasteiger partial charge in [0.1, 0.15) is 12.4 Å². The Morgan fingerprint density at radius 1 is 1.67 bits per heavy atom. The molecular formula is C10H10BrNO3. The number of hydrogen-bond acceptors (Lipinski definition) is 3. The molecule has 0 bridgehead atoms. The van der Waals surface area contributed by atoms with E-state index < -0.39 is 5.97 Å². The summed E-state index contributed by atoms with van der Waals surface area (Å²) in [7, 11) is 0. The first-order valence-electron chi connectivity index (χ1n) is 4.56. The largest absolute Gasteiger partial charge is 0.489 e. The lowest BCUT2D eigenvalue weighted by Crippen LogP contribution is -2.33. The van der Waals surface area contributed by atoms with Gasteiger partial charge < -0.3 is 15.2 Å². The fourth-order valence-corrected chi connectivity index (χ4v) is 1.87. The Balaban J connectivity index is 2.14. The van der Waals surface area contributed by atoms with Crippen molar-refractivity contribution in [3.05, 3.63) is 22.7 Å². The molecule has 0 radical (unpaired) electrons. The third-order valence-corrected chi connectivity index (χ3v) is 2.66. The number of nitrogens with one attached hydrogen (secondary N) is 1. The molecule has 1 aromatic rings. The molecule has 0 amide bonds. The molecule has 0 saturated heterocycles. The lowest BCUT2D eigenvalue weighted by Gasteiger charge is -2.26. The number of carbonyl (C=O) groups is 1. The molecule has 0 spiro atoms. The van der Waals surface area contributed by atoms with E-state index in [0.717, 1.165) is 15.9 Å². The molecule has 1 atom stereocenters. The Hall–Kier alpha value is -1.23. The van der Waals surface area contributed by atoms with E-state index in [2.05, 4.69) is 21.2 Å². The maximum atomic E-state index is 10.5. The average molecular weight is 272 g/mol. The Labute approximate surface area is 95.4 Å². The summed E-state index contributed by atoms with van der Waals surface area (Å²) in [5.74, 6) is -0.0608. The molecule has 0 aliphatic carbocycles. The van der Waals surface area contributed by atoms with E-state index in [1.807, 2.05) is 18.2 Å². The van der Waals surface area contributed by atoms with E-state index in [0.29, 0.717) is 6.61 Å². The van der Waals surface area contributed by atoms with Crippen molar-refractivity contribution in [2.24, 2.45) is 0 Å². The van der Waals surface area contributed by atoms with Gasteiger partial charge in [-0.3, -0.25) is 4.79 Å². The van der Waals surface area contributed by atoms with Crippen LogP contribution in [0, 0.1) is 0 Å². The third kappa shape index (κ3) is 2.41. The fraction of sp³-hybridized carbons (Fsp3) is 0.300. The van der Waals surface area contributed by atoms with E-state index in [1.165, 1.54) is 0 Å². The van der Waals surface area contributed by atoms with Gasteiger partial charge in [0.2, 0.25) is 0 Å². The zero-order valence-corrected chi connectivity index (χ0v) is 9.45. The van der Waals surface area contributed by atoms with Crippen LogP contribution in [0.4, 0.5) is 5.69 Å². The van der Waals surface area contributed by atoms with Gasteiger partial charge in [0, 0.05) is 4.47 Å². The zero-order valence-electron chi connectivity index (χ0n) is 7.87. The van der Waals surface area contributed by atoms with Gasteiger partial charge in [-0.15, -0.1) is 0 Å². The Morgan fingerprint density at radius 3 is 3.20 bits per heavy atom. The molecule has 2 rings (SSSR count). The summed E-state index contributed by atoms with van der Waals surface area (Å²) in [4.78, 5) is 10.5. The third-order valence-electron chi connectivity index (χ3n) is 2.16. The van der Waals surface area contributed by atoms with E-state index in [-0.39, 0.29) is 12.5 Å². The predicted octanol–water partition coefficient (Wildman–Crippen LogP) is 2.10. The molecule has 5 heteroatoms. The van der Waals surface area contributed by atoms with Crippen LogP contribution in [0.2, 0.25) is 0 Å². The van der Waals surface area contributed by atoms with Gasteiger partial charge in [-0.25, -0.2) is 0 Å². The lowest BCUT2D eigenvalue weighted by molar-refractivity contribution is -0.137. The number of ether oxygens (including phenoxy) is 1. The van der Waals surface area contributed by atoms with Crippen molar-refractivity contribution in [1.82, 2.24) is 0 Å². The highest BCUT2D eigenvalue weighted by molar-refractivity contribution is 9.10. The lowest BCUT2D eigenvalue weighted by atomic mass is 10.1. The molecule has 1 aromatic carbocycles. The normalized spacial score (nSPS) is 18.6. The van der Waals surface area contributed by atoms with Crippen molar-refractivity contribution in [2.45, 2.75) is 12.5 Å². The van der Waals surface area contributed by atoms with Crippen LogP contribution in [0.15, 0.2) is 22.7 Å². The topological polar surface area (TPSA) is 58.6 Å².